The maximum Gasteiger partial charge on any atom is 0.305 e. The second-order valence-corrected chi connectivity index (χ2v) is 3.23. The minimum Gasteiger partial charge on any atom is -0.481 e. The predicted octanol–water partition coefficient (Wildman–Crippen LogP) is 1.10. The quantitative estimate of drug-likeness (QED) is 0.781. The fourth-order valence-electron chi connectivity index (χ4n) is 1.23. The van der Waals surface area contributed by atoms with Gasteiger partial charge in [-0.05, 0) is 19.9 Å². The molecule has 5 heteroatoms. The van der Waals surface area contributed by atoms with E-state index in [0.717, 1.165) is 0 Å². The highest BCUT2D eigenvalue weighted by molar-refractivity contribution is 5.95. The molecule has 1 aromatic heterocycles. The van der Waals surface area contributed by atoms with Crippen LogP contribution in [0.3, 0.4) is 0 Å². The molecule has 1 heterocycles. The van der Waals surface area contributed by atoms with Crippen molar-refractivity contribution in [3.05, 3.63) is 23.2 Å². The Morgan fingerprint density at radius 3 is 2.60 bits per heavy atom. The SMILES string of the molecule is Cc1cc(C(=O)NCCC(=O)O)c(C)o1. The van der Waals surface area contributed by atoms with Crippen molar-refractivity contribution in [1.82, 2.24) is 5.32 Å². The van der Waals surface area contributed by atoms with Crippen LogP contribution in [0.15, 0.2) is 10.5 Å². The summed E-state index contributed by atoms with van der Waals surface area (Å²) < 4.78 is 5.19. The molecule has 1 amide bonds. The van der Waals surface area contributed by atoms with Crippen molar-refractivity contribution in [3.63, 3.8) is 0 Å². The van der Waals surface area contributed by atoms with E-state index in [0.29, 0.717) is 17.1 Å². The Hall–Kier alpha value is -1.78. The summed E-state index contributed by atoms with van der Waals surface area (Å²) in [7, 11) is 0. The smallest absolute Gasteiger partial charge is 0.305 e. The van der Waals surface area contributed by atoms with Gasteiger partial charge in [0, 0.05) is 6.54 Å². The maximum absolute atomic E-state index is 11.5. The van der Waals surface area contributed by atoms with Gasteiger partial charge in [-0.2, -0.15) is 0 Å². The molecule has 15 heavy (non-hydrogen) atoms. The number of hydrogen-bond acceptors (Lipinski definition) is 3. The Kier molecular flexibility index (Phi) is 3.49. The van der Waals surface area contributed by atoms with Gasteiger partial charge in [0.2, 0.25) is 0 Å². The van der Waals surface area contributed by atoms with Gasteiger partial charge in [0.1, 0.15) is 11.5 Å². The molecule has 0 aliphatic heterocycles. The summed E-state index contributed by atoms with van der Waals surface area (Å²) in [6.07, 6.45) is -0.0817. The van der Waals surface area contributed by atoms with Crippen LogP contribution in [0.25, 0.3) is 0 Å². The minimum atomic E-state index is -0.935. The number of amides is 1. The van der Waals surface area contributed by atoms with Crippen molar-refractivity contribution in [2.75, 3.05) is 6.54 Å². The summed E-state index contributed by atoms with van der Waals surface area (Å²) in [5, 5.41) is 10.9. The van der Waals surface area contributed by atoms with Gasteiger partial charge in [-0.1, -0.05) is 0 Å². The number of nitrogens with one attached hydrogen (secondary N) is 1. The zero-order valence-corrected chi connectivity index (χ0v) is 8.66. The average Bonchev–Trinajstić information content (AvgIpc) is 2.44. The highest BCUT2D eigenvalue weighted by atomic mass is 16.4. The van der Waals surface area contributed by atoms with Crippen LogP contribution in [0.5, 0.6) is 0 Å². The van der Waals surface area contributed by atoms with E-state index in [1.807, 2.05) is 0 Å². The van der Waals surface area contributed by atoms with Crippen molar-refractivity contribution in [1.29, 1.82) is 0 Å². The van der Waals surface area contributed by atoms with Crippen LogP contribution in [0.2, 0.25) is 0 Å². The summed E-state index contributed by atoms with van der Waals surface area (Å²) >= 11 is 0. The molecule has 0 radical (unpaired) electrons. The Labute approximate surface area is 87.1 Å². The Morgan fingerprint density at radius 2 is 2.13 bits per heavy atom. The zero-order valence-electron chi connectivity index (χ0n) is 8.66. The second kappa shape index (κ2) is 4.63. The summed E-state index contributed by atoms with van der Waals surface area (Å²) in [6.45, 7) is 3.57. The van der Waals surface area contributed by atoms with Crippen LogP contribution in [0.4, 0.5) is 0 Å². The second-order valence-electron chi connectivity index (χ2n) is 3.23. The van der Waals surface area contributed by atoms with E-state index >= 15 is 0 Å². The molecule has 0 aromatic carbocycles. The minimum absolute atomic E-state index is 0.0817. The number of rotatable bonds is 4. The molecule has 0 saturated heterocycles. The molecule has 0 bridgehead atoms. The third kappa shape index (κ3) is 3.12. The van der Waals surface area contributed by atoms with Gasteiger partial charge in [-0.3, -0.25) is 9.59 Å². The van der Waals surface area contributed by atoms with Gasteiger partial charge in [0.25, 0.3) is 5.91 Å². The van der Waals surface area contributed by atoms with Gasteiger partial charge in [-0.25, -0.2) is 0 Å². The van der Waals surface area contributed by atoms with Gasteiger partial charge in [-0.15, -0.1) is 0 Å². The van der Waals surface area contributed by atoms with Crippen LogP contribution in [0, 0.1) is 13.8 Å². The fourth-order valence-corrected chi connectivity index (χ4v) is 1.23. The molecule has 0 aliphatic rings. The third-order valence-corrected chi connectivity index (χ3v) is 1.91. The van der Waals surface area contributed by atoms with Crippen molar-refractivity contribution in [3.8, 4) is 0 Å². The molecule has 0 aliphatic carbocycles. The topological polar surface area (TPSA) is 79.5 Å². The van der Waals surface area contributed by atoms with E-state index in [1.54, 1.807) is 19.9 Å². The molecule has 0 spiro atoms. The Morgan fingerprint density at radius 1 is 1.47 bits per heavy atom. The van der Waals surface area contributed by atoms with Crippen LogP contribution in [-0.2, 0) is 4.79 Å². The molecule has 0 saturated carbocycles. The number of hydrogen-bond donors (Lipinski definition) is 2. The molecule has 0 unspecified atom stereocenters. The standard InChI is InChI=1S/C10H13NO4/c1-6-5-8(7(2)15-6)10(14)11-4-3-9(12)13/h5H,3-4H2,1-2H3,(H,11,14)(H,12,13). The summed E-state index contributed by atoms with van der Waals surface area (Å²) in [4.78, 5) is 21.7. The average molecular weight is 211 g/mol. The first kappa shape index (κ1) is 11.3. The lowest BCUT2D eigenvalue weighted by atomic mass is 10.2. The normalized spacial score (nSPS) is 10.0. The number of aryl methyl sites for hydroxylation is 2. The zero-order chi connectivity index (χ0) is 11.4. The summed E-state index contributed by atoms with van der Waals surface area (Å²) in [5.74, 6) is -0.0304. The predicted molar refractivity (Wildman–Crippen MR) is 52.8 cm³/mol. The Balaban J connectivity index is 2.54. The lowest BCUT2D eigenvalue weighted by molar-refractivity contribution is -0.136. The first-order valence-electron chi connectivity index (χ1n) is 4.57. The first-order chi connectivity index (χ1) is 7.00. The Bertz CT molecular complexity index is 381. The van der Waals surface area contributed by atoms with Crippen LogP contribution in [0.1, 0.15) is 28.3 Å². The van der Waals surface area contributed by atoms with Crippen molar-refractivity contribution in [2.24, 2.45) is 0 Å². The van der Waals surface area contributed by atoms with Crippen LogP contribution < -0.4 is 5.32 Å². The van der Waals surface area contributed by atoms with Gasteiger partial charge >= 0.3 is 5.97 Å². The van der Waals surface area contributed by atoms with Gasteiger partial charge in [0.05, 0.1) is 12.0 Å². The molecule has 5 nitrogen and oxygen atoms in total. The van der Waals surface area contributed by atoms with E-state index in [-0.39, 0.29) is 18.9 Å². The van der Waals surface area contributed by atoms with Crippen LogP contribution in [-0.4, -0.2) is 23.5 Å². The number of carbonyl (C=O) groups is 2. The molecule has 0 fully saturated rings. The molecular formula is C10H13NO4. The highest BCUT2D eigenvalue weighted by Crippen LogP contribution is 2.13. The monoisotopic (exact) mass is 211 g/mol. The number of aliphatic carboxylic acids is 1. The fraction of sp³-hybridized carbons (Fsp3) is 0.400. The van der Waals surface area contributed by atoms with E-state index in [9.17, 15) is 9.59 Å². The molecule has 1 aromatic rings. The van der Waals surface area contributed by atoms with Gasteiger partial charge in [0.15, 0.2) is 0 Å². The van der Waals surface area contributed by atoms with Crippen molar-refractivity contribution in [2.45, 2.75) is 20.3 Å². The number of carboxylic acids is 1. The number of carboxylic acid groups (broad SMARTS) is 1. The van der Waals surface area contributed by atoms with E-state index in [4.69, 9.17) is 9.52 Å². The molecular weight excluding hydrogens is 198 g/mol. The molecule has 82 valence electrons. The highest BCUT2D eigenvalue weighted by Gasteiger charge is 2.12. The van der Waals surface area contributed by atoms with E-state index < -0.39 is 5.97 Å². The maximum atomic E-state index is 11.5. The third-order valence-electron chi connectivity index (χ3n) is 1.91. The van der Waals surface area contributed by atoms with E-state index in [2.05, 4.69) is 5.32 Å². The summed E-state index contributed by atoms with van der Waals surface area (Å²) in [6, 6.07) is 1.63. The molecule has 0 atom stereocenters. The van der Waals surface area contributed by atoms with Crippen molar-refractivity contribution >= 4 is 11.9 Å². The van der Waals surface area contributed by atoms with E-state index in [1.165, 1.54) is 0 Å². The first-order valence-corrected chi connectivity index (χ1v) is 4.57. The van der Waals surface area contributed by atoms with Crippen LogP contribution >= 0.6 is 0 Å². The molecule has 2 N–H and O–H groups in total. The summed E-state index contributed by atoms with van der Waals surface area (Å²) in [5.41, 5.74) is 0.456. The molecule has 1 rings (SSSR count). The van der Waals surface area contributed by atoms with Crippen molar-refractivity contribution < 1.29 is 19.1 Å². The number of carbonyl (C=O) groups excluding carboxylic acids is 1. The largest absolute Gasteiger partial charge is 0.481 e. The van der Waals surface area contributed by atoms with Gasteiger partial charge < -0.3 is 14.8 Å². The number of furan rings is 1. The lowest BCUT2D eigenvalue weighted by Gasteiger charge is -2.01. The lowest BCUT2D eigenvalue weighted by Crippen LogP contribution is -2.26.